The fourth-order valence-electron chi connectivity index (χ4n) is 10.8. The van der Waals surface area contributed by atoms with Gasteiger partial charge in [-0.05, 0) is 103 Å². The van der Waals surface area contributed by atoms with Crippen LogP contribution in [0.5, 0.6) is 0 Å². The maximum atomic E-state index is 13.3. The van der Waals surface area contributed by atoms with E-state index in [-0.39, 0.29) is 17.1 Å². The maximum absolute atomic E-state index is 13.3. The fraction of sp³-hybridized carbons (Fsp3) is 0.676. The van der Waals surface area contributed by atoms with Gasteiger partial charge in [-0.15, -0.1) is 0 Å². The van der Waals surface area contributed by atoms with Crippen LogP contribution < -0.4 is 0 Å². The standard InChI is InChI=1S/C37H47NO6/c1-20(2)12-13-21-10-9-11-24-26(21)23-18-22-14-17-37(39)33(7,34(22,8)27(23)38-24)16-15-25-35(37)19-36(44-35)30(40-25)32(5,6)42-29(43-36)28-31(3,4)41-28/h9-12,15,22,28-30,38-39H,13-14,16-19H2,1-8H3/t22?,28?,29?,30?,33?,34-,35?,36?,37+/m1/s1. The smallest absolute Gasteiger partial charge is 0.215 e. The summed E-state index contributed by atoms with van der Waals surface area (Å²) in [6.45, 7) is 17.3. The molecule has 3 aliphatic carbocycles. The van der Waals surface area contributed by atoms with Gasteiger partial charge < -0.3 is 33.8 Å². The number of benzene rings is 1. The third-order valence-electron chi connectivity index (χ3n) is 13.4. The quantitative estimate of drug-likeness (QED) is 0.308. The van der Waals surface area contributed by atoms with E-state index in [0.29, 0.717) is 25.2 Å². The average molecular weight is 602 g/mol. The zero-order chi connectivity index (χ0) is 30.9. The predicted octanol–water partition coefficient (Wildman–Crippen LogP) is 6.51. The van der Waals surface area contributed by atoms with Gasteiger partial charge in [0.15, 0.2) is 18.0 Å². The first-order chi connectivity index (χ1) is 20.6. The number of hydrogen-bond acceptors (Lipinski definition) is 6. The molecule has 6 fully saturated rings. The number of ether oxygens (including phenoxy) is 5. The van der Waals surface area contributed by atoms with Gasteiger partial charge in [0.25, 0.3) is 0 Å². The van der Waals surface area contributed by atoms with Crippen LogP contribution in [0, 0.1) is 11.3 Å². The minimum absolute atomic E-state index is 0.163. The van der Waals surface area contributed by atoms with E-state index in [4.69, 9.17) is 23.7 Å². The van der Waals surface area contributed by atoms with Crippen molar-refractivity contribution in [3.05, 3.63) is 58.5 Å². The molecule has 1 saturated carbocycles. The van der Waals surface area contributed by atoms with Crippen molar-refractivity contribution in [3.63, 3.8) is 0 Å². The van der Waals surface area contributed by atoms with E-state index in [1.54, 1.807) is 0 Å². The molecule has 2 bridgehead atoms. The fourth-order valence-corrected chi connectivity index (χ4v) is 10.8. The van der Waals surface area contributed by atoms with Gasteiger partial charge in [-0.1, -0.05) is 37.6 Å². The van der Waals surface area contributed by atoms with Crippen LogP contribution in [0.25, 0.3) is 10.9 Å². The van der Waals surface area contributed by atoms with Crippen LogP contribution in [-0.4, -0.2) is 56.8 Å². The first-order valence-electron chi connectivity index (χ1n) is 16.7. The number of nitrogens with one attached hydrogen (secondary N) is 1. The summed E-state index contributed by atoms with van der Waals surface area (Å²) in [6, 6.07) is 6.66. The highest BCUT2D eigenvalue weighted by Crippen LogP contribution is 2.75. The van der Waals surface area contributed by atoms with Crippen LogP contribution in [0.15, 0.2) is 41.7 Å². The van der Waals surface area contributed by atoms with Gasteiger partial charge in [-0.25, -0.2) is 0 Å². The molecule has 0 radical (unpaired) electrons. The summed E-state index contributed by atoms with van der Waals surface area (Å²) in [7, 11) is 0. The number of allylic oxidation sites excluding steroid dienone is 3. The molecule has 1 aromatic carbocycles. The van der Waals surface area contributed by atoms with Crippen LogP contribution in [0.1, 0.15) is 97.9 Å². The zero-order valence-electron chi connectivity index (χ0n) is 27.4. The zero-order valence-corrected chi connectivity index (χ0v) is 27.4. The van der Waals surface area contributed by atoms with E-state index >= 15 is 0 Å². The molecule has 7 nitrogen and oxygen atoms in total. The van der Waals surface area contributed by atoms with E-state index in [1.807, 2.05) is 0 Å². The number of rotatable bonds is 3. The van der Waals surface area contributed by atoms with Gasteiger partial charge in [0.2, 0.25) is 5.79 Å². The van der Waals surface area contributed by atoms with Crippen molar-refractivity contribution >= 4 is 10.9 Å². The Morgan fingerprint density at radius 2 is 1.80 bits per heavy atom. The number of H-pyrrole nitrogens is 1. The summed E-state index contributed by atoms with van der Waals surface area (Å²) in [5.74, 6) is 0.204. The number of hydrogen-bond donors (Lipinski definition) is 2. The first kappa shape index (κ1) is 28.1. The van der Waals surface area contributed by atoms with Gasteiger partial charge in [0.05, 0.1) is 5.60 Å². The minimum atomic E-state index is -1.13. The number of aromatic amines is 1. The monoisotopic (exact) mass is 601 g/mol. The molecule has 44 heavy (non-hydrogen) atoms. The molecule has 7 heteroatoms. The summed E-state index contributed by atoms with van der Waals surface area (Å²) in [5, 5.41) is 14.6. The second-order valence-electron chi connectivity index (χ2n) is 16.7. The third-order valence-corrected chi connectivity index (χ3v) is 13.4. The molecule has 10 rings (SSSR count). The molecular weight excluding hydrogens is 554 g/mol. The predicted molar refractivity (Wildman–Crippen MR) is 166 cm³/mol. The second kappa shape index (κ2) is 8.03. The summed E-state index contributed by atoms with van der Waals surface area (Å²) < 4.78 is 33.0. The molecule has 7 unspecified atom stereocenters. The Bertz CT molecular complexity index is 1670. The van der Waals surface area contributed by atoms with Crippen LogP contribution >= 0.6 is 0 Å². The number of aliphatic hydroxyl groups is 1. The SMILES string of the molecule is CC(C)=CCc1cccc2[nH]c3c(c12)CC1CC[C@@]2(O)C45CC6(OC(C7OC7(C)C)OC(C)(C)C6OC4=CCC2(C)[C@@]31C)O5. The number of fused-ring (bicyclic) bond motifs is 7. The molecular formula is C37H47NO6. The molecule has 5 saturated heterocycles. The summed E-state index contributed by atoms with van der Waals surface area (Å²) in [4.78, 5) is 3.92. The van der Waals surface area contributed by atoms with Crippen molar-refractivity contribution in [1.29, 1.82) is 0 Å². The third kappa shape index (κ3) is 3.03. The van der Waals surface area contributed by atoms with Gasteiger partial charge in [-0.3, -0.25) is 0 Å². The largest absolute Gasteiger partial charge is 0.483 e. The molecule has 236 valence electrons. The Morgan fingerprint density at radius 3 is 2.50 bits per heavy atom. The molecule has 2 aromatic rings. The molecule has 5 aliphatic heterocycles. The van der Waals surface area contributed by atoms with Gasteiger partial charge in [0, 0.05) is 33.8 Å². The summed E-state index contributed by atoms with van der Waals surface area (Å²) in [5.41, 5.74) is 2.86. The van der Waals surface area contributed by atoms with Crippen molar-refractivity contribution in [2.75, 3.05) is 0 Å². The highest BCUT2D eigenvalue weighted by atomic mass is 16.9. The topological polar surface area (TPSA) is 85.5 Å². The summed E-state index contributed by atoms with van der Waals surface area (Å²) in [6.07, 6.45) is 8.22. The average Bonchev–Trinajstić information content (AvgIpc) is 3.27. The number of epoxide rings is 1. The van der Waals surface area contributed by atoms with E-state index in [1.165, 1.54) is 33.3 Å². The first-order valence-corrected chi connectivity index (χ1v) is 16.7. The molecule has 2 N–H and O–H groups in total. The highest BCUT2D eigenvalue weighted by Gasteiger charge is 2.85. The lowest BCUT2D eigenvalue weighted by Crippen LogP contribution is -2.88. The van der Waals surface area contributed by atoms with Crippen molar-refractivity contribution in [1.82, 2.24) is 4.98 Å². The molecule has 9 atom stereocenters. The lowest BCUT2D eigenvalue weighted by atomic mass is 9.40. The normalized spacial score (nSPS) is 46.7. The Labute approximate surface area is 260 Å². The van der Waals surface area contributed by atoms with Crippen LogP contribution in [0.3, 0.4) is 0 Å². The van der Waals surface area contributed by atoms with Crippen LogP contribution in [-0.2, 0) is 41.9 Å². The van der Waals surface area contributed by atoms with Gasteiger partial charge in [0.1, 0.15) is 23.1 Å². The van der Waals surface area contributed by atoms with Crippen molar-refractivity contribution in [2.24, 2.45) is 11.3 Å². The Morgan fingerprint density at radius 1 is 1.05 bits per heavy atom. The Kier molecular flexibility index (Phi) is 5.13. The van der Waals surface area contributed by atoms with Crippen LogP contribution in [0.4, 0.5) is 0 Å². The molecule has 1 aromatic heterocycles. The molecule has 2 spiro atoms. The lowest BCUT2D eigenvalue weighted by molar-refractivity contribution is -0.540. The molecule has 0 amide bonds. The second-order valence-corrected chi connectivity index (χ2v) is 16.7. The van der Waals surface area contributed by atoms with E-state index in [9.17, 15) is 5.11 Å². The molecule has 6 heterocycles. The highest BCUT2D eigenvalue weighted by molar-refractivity contribution is 5.89. The van der Waals surface area contributed by atoms with E-state index in [0.717, 1.165) is 25.0 Å². The molecule has 8 aliphatic rings. The van der Waals surface area contributed by atoms with Crippen molar-refractivity contribution in [2.45, 2.75) is 146 Å². The van der Waals surface area contributed by atoms with E-state index < -0.39 is 40.4 Å². The Hall–Kier alpha value is -2.16. The number of aromatic nitrogens is 1. The summed E-state index contributed by atoms with van der Waals surface area (Å²) >= 11 is 0. The van der Waals surface area contributed by atoms with Crippen LogP contribution in [0.2, 0.25) is 0 Å². The Balaban J connectivity index is 1.13. The maximum Gasteiger partial charge on any atom is 0.215 e. The van der Waals surface area contributed by atoms with E-state index in [2.05, 4.69) is 90.7 Å². The lowest BCUT2D eigenvalue weighted by Gasteiger charge is -2.76. The van der Waals surface area contributed by atoms with Crippen molar-refractivity contribution < 1.29 is 28.8 Å². The van der Waals surface area contributed by atoms with Crippen molar-refractivity contribution in [3.8, 4) is 0 Å². The van der Waals surface area contributed by atoms with Gasteiger partial charge >= 0.3 is 0 Å². The van der Waals surface area contributed by atoms with Gasteiger partial charge in [-0.2, -0.15) is 0 Å². The minimum Gasteiger partial charge on any atom is -0.483 e.